The Kier molecular flexibility index (Phi) is 9.72. The van der Waals surface area contributed by atoms with Gasteiger partial charge in [-0.05, 0) is 0 Å². The van der Waals surface area contributed by atoms with Gasteiger partial charge in [-0.2, -0.15) is 0 Å². The zero-order chi connectivity index (χ0) is 7.21. The van der Waals surface area contributed by atoms with E-state index in [4.69, 9.17) is 38.0 Å². The monoisotopic (exact) mass is 272 g/mol. The summed E-state index contributed by atoms with van der Waals surface area (Å²) in [7, 11) is 4.72. The first-order chi connectivity index (χ1) is 3.41. The molecule has 0 atom stereocenters. The van der Waals surface area contributed by atoms with Crippen LogP contribution in [0.15, 0.2) is 0 Å². The maximum Gasteiger partial charge on any atom is -0.112 e. The van der Waals surface area contributed by atoms with Crippen molar-refractivity contribution >= 4 is 19.4 Å². The minimum Gasteiger partial charge on any atom is -0.222 e. The molecule has 4 nitrogen and oxygen atoms in total. The molecule has 0 fully saturated rings. The normalized spacial score (nSPS) is 10.2. The van der Waals surface area contributed by atoms with Crippen LogP contribution in [-0.2, 0) is 15.1 Å². The standard InChI is InChI=1S/ClHO4.2ClH.Rh/c2-1(3,4)5;;;/h(H,2,3,4,5);2*1H;/q;;;+3/p-3. The van der Waals surface area contributed by atoms with E-state index in [1.54, 1.807) is 0 Å². The molecule has 0 aliphatic rings. The Morgan fingerprint density at radius 2 is 1.00 bits per heavy atom. The van der Waals surface area contributed by atoms with Crippen molar-refractivity contribution in [2.45, 2.75) is 0 Å². The van der Waals surface area contributed by atoms with E-state index in [-0.39, 0.29) is 15.1 Å². The van der Waals surface area contributed by atoms with Gasteiger partial charge in [0.05, 0.1) is 0 Å². The molecule has 54 valence electrons. The van der Waals surface area contributed by atoms with E-state index in [1.165, 1.54) is 0 Å². The summed E-state index contributed by atoms with van der Waals surface area (Å²) in [6.07, 6.45) is 0. The van der Waals surface area contributed by atoms with Crippen LogP contribution in [0.5, 0.6) is 0 Å². The Labute approximate surface area is 63.4 Å². The average molecular weight is 273 g/mol. The van der Waals surface area contributed by atoms with Crippen LogP contribution in [0.2, 0.25) is 0 Å². The van der Waals surface area contributed by atoms with E-state index in [0.29, 0.717) is 0 Å². The number of rotatable bonds is 0. The molecule has 0 saturated heterocycles. The molecule has 0 radical (unpaired) electrons. The molecular formula is Cl3O4Rh. The van der Waals surface area contributed by atoms with Gasteiger partial charge in [0.25, 0.3) is 0 Å². The van der Waals surface area contributed by atoms with Gasteiger partial charge in [-0.3, -0.25) is 0 Å². The molecule has 0 aliphatic carbocycles. The van der Waals surface area contributed by atoms with Gasteiger partial charge in [0.2, 0.25) is 0 Å². The number of hydrogen-bond donors (Lipinski definition) is 0. The summed E-state index contributed by atoms with van der Waals surface area (Å²) in [5.41, 5.74) is 0. The third kappa shape index (κ3) is 165. The molecule has 0 heterocycles. The number of hydrogen-bond acceptors (Lipinski definition) is 4. The van der Waals surface area contributed by atoms with Crippen molar-refractivity contribution in [1.29, 1.82) is 0 Å². The Morgan fingerprint density at radius 3 is 1.00 bits per heavy atom. The summed E-state index contributed by atoms with van der Waals surface area (Å²) < 4.78 is 34.0. The summed E-state index contributed by atoms with van der Waals surface area (Å²) in [4.78, 5) is 0. The van der Waals surface area contributed by atoms with E-state index < -0.39 is 10.2 Å². The van der Waals surface area contributed by atoms with Gasteiger partial charge in [0.15, 0.2) is 0 Å². The van der Waals surface area contributed by atoms with Crippen LogP contribution in [0, 0.1) is 10.2 Å². The maximum atomic E-state index is 8.49. The molecule has 0 N–H and O–H groups in total. The molecule has 0 unspecified atom stereocenters. The summed E-state index contributed by atoms with van der Waals surface area (Å²) in [6.45, 7) is 0. The van der Waals surface area contributed by atoms with Crippen LogP contribution in [0.4, 0.5) is 0 Å². The minimum atomic E-state index is -4.94. The van der Waals surface area contributed by atoms with Crippen LogP contribution in [0.1, 0.15) is 0 Å². The molecular weight excluding hydrogens is 273 g/mol. The van der Waals surface area contributed by atoms with Crippen molar-refractivity contribution in [1.82, 2.24) is 0 Å². The Morgan fingerprint density at radius 1 is 1.00 bits per heavy atom. The largest absolute Gasteiger partial charge is 0.222 e. The fraction of sp³-hybridized carbons (Fsp3) is 0. The first kappa shape index (κ1) is 12.1. The first-order valence-corrected chi connectivity index (χ1v) is 6.32. The van der Waals surface area contributed by atoms with Crippen molar-refractivity contribution in [3.63, 3.8) is 0 Å². The average Bonchev–Trinajstić information content (AvgIpc) is 1.27. The molecule has 0 aromatic carbocycles. The van der Waals surface area contributed by atoms with E-state index in [0.717, 1.165) is 0 Å². The van der Waals surface area contributed by atoms with Gasteiger partial charge in [-0.25, -0.2) is 18.6 Å². The summed E-state index contributed by atoms with van der Waals surface area (Å²) in [5, 5.41) is 0. The molecule has 0 spiro atoms. The second-order valence-corrected chi connectivity index (χ2v) is 3.67. The molecule has 8 heavy (non-hydrogen) atoms. The first-order valence-electron chi connectivity index (χ1n) is 0.869. The zero-order valence-corrected chi connectivity index (χ0v) is 7.01. The molecule has 0 aromatic heterocycles. The van der Waals surface area contributed by atoms with Gasteiger partial charge in [0, 0.05) is 0 Å². The molecule has 0 bridgehead atoms. The van der Waals surface area contributed by atoms with Gasteiger partial charge in [0.1, 0.15) is 0 Å². The summed E-state index contributed by atoms with van der Waals surface area (Å²) in [5.74, 6) is 0. The fourth-order valence-electron chi connectivity index (χ4n) is 0. The van der Waals surface area contributed by atoms with E-state index >= 15 is 0 Å². The Hall–Kier alpha value is 1.33. The second-order valence-electron chi connectivity index (χ2n) is 0.426. The number of halogens is 3. The van der Waals surface area contributed by atoms with Crippen LogP contribution in [-0.4, -0.2) is 0 Å². The van der Waals surface area contributed by atoms with E-state index in [1.807, 2.05) is 0 Å². The molecule has 8 heteroatoms. The van der Waals surface area contributed by atoms with Crippen LogP contribution >= 0.6 is 19.4 Å². The van der Waals surface area contributed by atoms with Gasteiger partial charge >= 0.3 is 34.5 Å². The Balaban J connectivity index is 0. The van der Waals surface area contributed by atoms with E-state index in [2.05, 4.69) is 0 Å². The molecule has 0 aromatic rings. The molecule has 0 amide bonds. The van der Waals surface area contributed by atoms with Crippen LogP contribution in [0.3, 0.4) is 0 Å². The van der Waals surface area contributed by atoms with Crippen molar-refractivity contribution in [3.8, 4) is 0 Å². The maximum absolute atomic E-state index is 8.49. The van der Waals surface area contributed by atoms with Crippen LogP contribution in [0.25, 0.3) is 0 Å². The van der Waals surface area contributed by atoms with Crippen LogP contribution < -0.4 is 18.6 Å². The summed E-state index contributed by atoms with van der Waals surface area (Å²) in [6, 6.07) is 0. The second kappa shape index (κ2) is 6.45. The predicted molar refractivity (Wildman–Crippen MR) is 11.7 cm³/mol. The topological polar surface area (TPSA) is 92.2 Å². The third-order valence-corrected chi connectivity index (χ3v) is 0. The van der Waals surface area contributed by atoms with Crippen molar-refractivity contribution in [2.24, 2.45) is 0 Å². The van der Waals surface area contributed by atoms with Crippen molar-refractivity contribution in [2.75, 3.05) is 0 Å². The zero-order valence-electron chi connectivity index (χ0n) is 3.10. The predicted octanol–water partition coefficient (Wildman–Crippen LogP) is -3.38. The third-order valence-electron chi connectivity index (χ3n) is 0. The van der Waals surface area contributed by atoms with Crippen molar-refractivity contribution in [3.05, 3.63) is 0 Å². The van der Waals surface area contributed by atoms with Gasteiger partial charge in [-0.15, -0.1) is 10.2 Å². The SMILES string of the molecule is [Cl][Rh+][Cl].[O-][Cl+3]([O-])([O-])[O-]. The summed E-state index contributed by atoms with van der Waals surface area (Å²) >= 11 is -0.226. The minimum absolute atomic E-state index is 0.226. The van der Waals surface area contributed by atoms with E-state index in [9.17, 15) is 0 Å². The Bertz CT molecular complexity index is 35.0. The molecule has 0 rings (SSSR count). The van der Waals surface area contributed by atoms with Crippen molar-refractivity contribution < 1.29 is 44.0 Å². The quantitative estimate of drug-likeness (QED) is 0.430. The molecule has 0 saturated carbocycles. The fourth-order valence-corrected chi connectivity index (χ4v) is 0. The smallest absolute Gasteiger partial charge is 0.112 e. The molecule has 0 aliphatic heterocycles. The van der Waals surface area contributed by atoms with Gasteiger partial charge in [-0.1, -0.05) is 0 Å². The van der Waals surface area contributed by atoms with Gasteiger partial charge < -0.3 is 0 Å².